The average molecular weight is 279 g/mol. The Bertz CT molecular complexity index is 390. The fraction of sp³-hybridized carbons (Fsp3) is 0.625. The van der Waals surface area contributed by atoms with Crippen LogP contribution in [0.5, 0.6) is 0 Å². The molecule has 0 aliphatic heterocycles. The zero-order chi connectivity index (χ0) is 14.7. The molecule has 0 bridgehead atoms. The molecule has 1 aromatic rings. The summed E-state index contributed by atoms with van der Waals surface area (Å²) in [5, 5.41) is 1.53. The Labute approximate surface area is 120 Å². The van der Waals surface area contributed by atoms with Crippen molar-refractivity contribution in [3.05, 3.63) is 29.8 Å². The first-order chi connectivity index (χ1) is 8.64. The van der Waals surface area contributed by atoms with Gasteiger partial charge in [0.25, 0.3) is 0 Å². The number of benzene rings is 1. The van der Waals surface area contributed by atoms with E-state index in [-0.39, 0.29) is 5.41 Å². The third-order valence-electron chi connectivity index (χ3n) is 3.52. The van der Waals surface area contributed by atoms with Crippen LogP contribution in [0.1, 0.15) is 19.4 Å². The summed E-state index contributed by atoms with van der Waals surface area (Å²) < 4.78 is 0. The summed E-state index contributed by atoms with van der Waals surface area (Å²) in [4.78, 5) is 2.36. The zero-order valence-electron chi connectivity index (χ0n) is 13.5. The Morgan fingerprint density at radius 1 is 1.11 bits per heavy atom. The second-order valence-electron chi connectivity index (χ2n) is 7.49. The second-order valence-corrected chi connectivity index (χ2v) is 12.6. The predicted molar refractivity (Wildman–Crippen MR) is 88.6 cm³/mol. The highest BCUT2D eigenvalue weighted by Gasteiger charge is 2.19. The number of rotatable bonds is 6. The summed E-state index contributed by atoms with van der Waals surface area (Å²) >= 11 is 0. The molecule has 0 heterocycles. The Hall–Kier alpha value is -0.643. The van der Waals surface area contributed by atoms with Gasteiger partial charge in [0.2, 0.25) is 0 Å². The Morgan fingerprint density at radius 3 is 2.05 bits per heavy atom. The van der Waals surface area contributed by atoms with Gasteiger partial charge >= 0.3 is 0 Å². The lowest BCUT2D eigenvalue weighted by Crippen LogP contribution is -2.38. The molecule has 1 aromatic carbocycles. The van der Waals surface area contributed by atoms with Crippen LogP contribution in [0.2, 0.25) is 19.6 Å². The number of hydrogen-bond donors (Lipinski definition) is 1. The molecule has 0 aliphatic carbocycles. The van der Waals surface area contributed by atoms with E-state index >= 15 is 0 Å². The van der Waals surface area contributed by atoms with E-state index in [1.165, 1.54) is 10.8 Å². The summed E-state index contributed by atoms with van der Waals surface area (Å²) in [6.07, 6.45) is 0. The molecular weight excluding hydrogens is 248 g/mol. The Morgan fingerprint density at radius 2 is 1.63 bits per heavy atom. The maximum Gasteiger partial charge on any atom is 0.0775 e. The van der Waals surface area contributed by atoms with E-state index in [9.17, 15) is 0 Å². The predicted octanol–water partition coefficient (Wildman–Crippen LogP) is 2.65. The van der Waals surface area contributed by atoms with Gasteiger partial charge in [-0.1, -0.05) is 62.9 Å². The van der Waals surface area contributed by atoms with Gasteiger partial charge in [0, 0.05) is 13.1 Å². The van der Waals surface area contributed by atoms with E-state index in [2.05, 4.69) is 69.7 Å². The van der Waals surface area contributed by atoms with Gasteiger partial charge in [0.1, 0.15) is 0 Å². The lowest BCUT2D eigenvalue weighted by molar-refractivity contribution is 0.210. The van der Waals surface area contributed by atoms with Gasteiger partial charge in [0.15, 0.2) is 0 Å². The van der Waals surface area contributed by atoms with Crippen LogP contribution in [-0.2, 0) is 6.54 Å². The Kier molecular flexibility index (Phi) is 5.36. The van der Waals surface area contributed by atoms with Crippen LogP contribution in [0.4, 0.5) is 0 Å². The van der Waals surface area contributed by atoms with Gasteiger partial charge in [-0.3, -0.25) is 0 Å². The molecule has 0 saturated heterocycles. The van der Waals surface area contributed by atoms with Gasteiger partial charge in [-0.2, -0.15) is 0 Å². The highest BCUT2D eigenvalue weighted by Crippen LogP contribution is 2.15. The normalized spacial score (nSPS) is 13.1. The summed E-state index contributed by atoms with van der Waals surface area (Å²) in [6, 6.07) is 9.17. The van der Waals surface area contributed by atoms with Crippen LogP contribution < -0.4 is 10.9 Å². The molecule has 0 saturated carbocycles. The first-order valence-corrected chi connectivity index (χ1v) is 10.6. The van der Waals surface area contributed by atoms with Crippen molar-refractivity contribution in [3.8, 4) is 0 Å². The van der Waals surface area contributed by atoms with Crippen LogP contribution in [0, 0.1) is 5.41 Å². The summed E-state index contributed by atoms with van der Waals surface area (Å²) in [7, 11) is 1.00. The molecule has 19 heavy (non-hydrogen) atoms. The molecular formula is C16H30N2Si. The molecule has 0 radical (unpaired) electrons. The van der Waals surface area contributed by atoms with Gasteiger partial charge in [-0.25, -0.2) is 0 Å². The minimum Gasteiger partial charge on any atom is -0.330 e. The Balaban J connectivity index is 2.63. The topological polar surface area (TPSA) is 29.3 Å². The molecule has 0 aromatic heterocycles. The highest BCUT2D eigenvalue weighted by molar-refractivity contribution is 6.88. The van der Waals surface area contributed by atoms with Crippen molar-refractivity contribution in [1.82, 2.24) is 4.90 Å². The largest absolute Gasteiger partial charge is 0.330 e. The van der Waals surface area contributed by atoms with Crippen LogP contribution in [0.25, 0.3) is 0 Å². The molecule has 0 amide bonds. The first-order valence-electron chi connectivity index (χ1n) is 7.12. The fourth-order valence-corrected chi connectivity index (χ4v) is 3.44. The minimum atomic E-state index is -1.17. The SMILES string of the molecule is CN(Cc1ccc([Si](C)(C)C)cc1)CC(C)(C)CN. The molecule has 2 nitrogen and oxygen atoms in total. The molecule has 0 fully saturated rings. The van der Waals surface area contributed by atoms with Crippen molar-refractivity contribution in [2.24, 2.45) is 11.1 Å². The fourth-order valence-electron chi connectivity index (χ4n) is 2.27. The molecule has 0 atom stereocenters. The maximum absolute atomic E-state index is 5.79. The number of nitrogens with zero attached hydrogens (tertiary/aromatic N) is 1. The number of nitrogens with two attached hydrogens (primary N) is 1. The van der Waals surface area contributed by atoms with Crippen molar-refractivity contribution < 1.29 is 0 Å². The molecule has 0 spiro atoms. The van der Waals surface area contributed by atoms with Gasteiger partial charge in [-0.05, 0) is 24.6 Å². The number of hydrogen-bond acceptors (Lipinski definition) is 2. The lowest BCUT2D eigenvalue weighted by atomic mass is 9.93. The lowest BCUT2D eigenvalue weighted by Gasteiger charge is -2.29. The van der Waals surface area contributed by atoms with E-state index in [4.69, 9.17) is 5.73 Å². The van der Waals surface area contributed by atoms with Crippen molar-refractivity contribution in [2.45, 2.75) is 40.0 Å². The maximum atomic E-state index is 5.79. The molecule has 0 unspecified atom stereocenters. The van der Waals surface area contributed by atoms with Crippen molar-refractivity contribution >= 4 is 13.3 Å². The molecule has 0 aliphatic rings. The van der Waals surface area contributed by atoms with Crippen molar-refractivity contribution in [3.63, 3.8) is 0 Å². The van der Waals surface area contributed by atoms with Gasteiger partial charge in [-0.15, -0.1) is 0 Å². The van der Waals surface area contributed by atoms with Crippen LogP contribution in [-0.4, -0.2) is 33.1 Å². The summed E-state index contributed by atoms with van der Waals surface area (Å²) in [5.74, 6) is 0. The summed E-state index contributed by atoms with van der Waals surface area (Å²) in [5.41, 5.74) is 7.37. The minimum absolute atomic E-state index is 0.188. The van der Waals surface area contributed by atoms with E-state index in [0.29, 0.717) is 0 Å². The van der Waals surface area contributed by atoms with Crippen LogP contribution in [0.3, 0.4) is 0 Å². The van der Waals surface area contributed by atoms with Crippen LogP contribution >= 0.6 is 0 Å². The van der Waals surface area contributed by atoms with E-state index in [1.807, 2.05) is 0 Å². The smallest absolute Gasteiger partial charge is 0.0775 e. The third kappa shape index (κ3) is 5.47. The van der Waals surface area contributed by atoms with Gasteiger partial charge < -0.3 is 10.6 Å². The van der Waals surface area contributed by atoms with E-state index in [0.717, 1.165) is 19.6 Å². The van der Waals surface area contributed by atoms with E-state index < -0.39 is 8.07 Å². The second kappa shape index (κ2) is 6.20. The van der Waals surface area contributed by atoms with E-state index in [1.54, 1.807) is 0 Å². The quantitative estimate of drug-likeness (QED) is 0.811. The highest BCUT2D eigenvalue weighted by atomic mass is 28.3. The molecule has 3 heteroatoms. The average Bonchev–Trinajstić information content (AvgIpc) is 2.27. The first kappa shape index (κ1) is 16.4. The molecule has 108 valence electrons. The van der Waals surface area contributed by atoms with Crippen molar-refractivity contribution in [1.29, 1.82) is 0 Å². The molecule has 1 rings (SSSR count). The summed E-state index contributed by atoms with van der Waals surface area (Å²) in [6.45, 7) is 14.4. The van der Waals surface area contributed by atoms with Crippen molar-refractivity contribution in [2.75, 3.05) is 20.1 Å². The van der Waals surface area contributed by atoms with Crippen LogP contribution in [0.15, 0.2) is 24.3 Å². The standard InChI is InChI=1S/C16H30N2Si/c1-16(2,12-17)13-18(3)11-14-7-9-15(10-8-14)19(4,5)6/h7-10H,11-13,17H2,1-6H3. The molecule has 2 N–H and O–H groups in total. The van der Waals surface area contributed by atoms with Gasteiger partial charge in [0.05, 0.1) is 8.07 Å². The zero-order valence-corrected chi connectivity index (χ0v) is 14.5. The monoisotopic (exact) mass is 278 g/mol. The third-order valence-corrected chi connectivity index (χ3v) is 5.59.